The topological polar surface area (TPSA) is 83.5 Å². The van der Waals surface area contributed by atoms with E-state index >= 15 is 0 Å². The van der Waals surface area contributed by atoms with Gasteiger partial charge in [-0.05, 0) is 6.42 Å². The molecule has 0 aromatic carbocycles. The van der Waals surface area contributed by atoms with Gasteiger partial charge in [0.1, 0.15) is 0 Å². The molecule has 0 bridgehead atoms. The molecule has 0 aliphatic heterocycles. The van der Waals surface area contributed by atoms with Crippen molar-refractivity contribution in [3.8, 4) is 0 Å². The molecule has 6 N–H and O–H groups in total. The molecule has 8 heavy (non-hydrogen) atoms. The second-order valence-electron chi connectivity index (χ2n) is 1.81. The summed E-state index contributed by atoms with van der Waals surface area (Å²) in [5, 5.41) is 0. The Morgan fingerprint density at radius 2 is 1.88 bits per heavy atom. The van der Waals surface area contributed by atoms with E-state index in [9.17, 15) is 0 Å². The second-order valence-corrected chi connectivity index (χ2v) is 1.81. The Hall–Kier alpha value is -0.120. The summed E-state index contributed by atoms with van der Waals surface area (Å²) in [6.07, 6.45) is 3.19. The minimum absolute atomic E-state index is 0. The lowest BCUT2D eigenvalue weighted by Crippen LogP contribution is -2.29. The van der Waals surface area contributed by atoms with E-state index in [0.717, 1.165) is 12.8 Å². The second kappa shape index (κ2) is 6.88. The zero-order valence-electron chi connectivity index (χ0n) is 5.35. The average molecular weight is 120 g/mol. The van der Waals surface area contributed by atoms with Crippen LogP contribution >= 0.6 is 0 Å². The molecule has 0 aliphatic carbocycles. The maximum Gasteiger partial charge on any atom is 0.0520 e. The Labute approximate surface area is 50.4 Å². The zero-order valence-corrected chi connectivity index (χ0v) is 5.35. The number of hydrogen-bond acceptors (Lipinski definition) is 2. The van der Waals surface area contributed by atoms with Gasteiger partial charge in [0, 0.05) is 0 Å². The van der Waals surface area contributed by atoms with Gasteiger partial charge in [0.2, 0.25) is 0 Å². The number of unbranched alkanes of at least 4 members (excludes halogenated alkanes) is 1. The maximum absolute atomic E-state index is 5.26. The third-order valence-corrected chi connectivity index (χ3v) is 0.891. The van der Waals surface area contributed by atoms with E-state index in [4.69, 9.17) is 11.5 Å². The largest absolute Gasteiger partial charge is 0.412 e. The van der Waals surface area contributed by atoms with Gasteiger partial charge in [0.05, 0.1) is 6.17 Å². The molecule has 52 valence electrons. The zero-order chi connectivity index (χ0) is 5.70. The summed E-state index contributed by atoms with van der Waals surface area (Å²) >= 11 is 0. The van der Waals surface area contributed by atoms with Crippen LogP contribution in [-0.4, -0.2) is 11.6 Å². The molecule has 0 saturated carbocycles. The van der Waals surface area contributed by atoms with Crippen LogP contribution in [0.3, 0.4) is 0 Å². The van der Waals surface area contributed by atoms with Gasteiger partial charge in [0.25, 0.3) is 0 Å². The molecule has 0 amide bonds. The predicted octanol–water partition coefficient (Wildman–Crippen LogP) is -0.405. The predicted molar refractivity (Wildman–Crippen MR) is 35.3 cm³/mol. The fourth-order valence-electron chi connectivity index (χ4n) is 0.440. The molecule has 0 spiro atoms. The molecule has 0 aliphatic rings. The van der Waals surface area contributed by atoms with E-state index in [0.29, 0.717) is 0 Å². The molecule has 3 nitrogen and oxygen atoms in total. The summed E-state index contributed by atoms with van der Waals surface area (Å²) in [6, 6.07) is 0. The standard InChI is InChI=1S/C5H14N2.H2O/c1-2-3-4-5(6)7;/h5H,2-4,6-7H2,1H3;1H2. The highest BCUT2D eigenvalue weighted by molar-refractivity contribution is 4.48. The van der Waals surface area contributed by atoms with Crippen LogP contribution in [0.4, 0.5) is 0 Å². The van der Waals surface area contributed by atoms with E-state index in [1.54, 1.807) is 0 Å². The minimum Gasteiger partial charge on any atom is -0.412 e. The van der Waals surface area contributed by atoms with Crippen LogP contribution in [0, 0.1) is 0 Å². The van der Waals surface area contributed by atoms with Crippen molar-refractivity contribution in [3.63, 3.8) is 0 Å². The first-order valence-electron chi connectivity index (χ1n) is 2.78. The Kier molecular flexibility index (Phi) is 9.28. The van der Waals surface area contributed by atoms with Crippen molar-refractivity contribution in [3.05, 3.63) is 0 Å². The first-order valence-corrected chi connectivity index (χ1v) is 2.78. The molecule has 0 radical (unpaired) electrons. The van der Waals surface area contributed by atoms with Crippen LogP contribution in [0.2, 0.25) is 0 Å². The van der Waals surface area contributed by atoms with Crippen LogP contribution in [0.25, 0.3) is 0 Å². The molecule has 0 atom stereocenters. The Morgan fingerprint density at radius 1 is 1.38 bits per heavy atom. The normalized spacial score (nSPS) is 9.00. The molecular formula is C5H16N2O. The van der Waals surface area contributed by atoms with Gasteiger partial charge < -0.3 is 16.9 Å². The molecule has 0 aromatic rings. The molecule has 3 heteroatoms. The average Bonchev–Trinajstić information content (AvgIpc) is 1.61. The fourth-order valence-corrected chi connectivity index (χ4v) is 0.440. The summed E-state index contributed by atoms with van der Waals surface area (Å²) in [7, 11) is 0. The molecule has 0 rings (SSSR count). The minimum atomic E-state index is -0.0973. The lowest BCUT2D eigenvalue weighted by Gasteiger charge is -2.00. The molecule has 0 unspecified atom stereocenters. The van der Waals surface area contributed by atoms with Crippen LogP contribution in [-0.2, 0) is 0 Å². The van der Waals surface area contributed by atoms with Gasteiger partial charge in [-0.25, -0.2) is 0 Å². The number of nitrogens with two attached hydrogens (primary N) is 2. The SMILES string of the molecule is CCCCC(N)N.O. The third-order valence-electron chi connectivity index (χ3n) is 0.891. The monoisotopic (exact) mass is 120 g/mol. The van der Waals surface area contributed by atoms with Crippen molar-refractivity contribution in [1.29, 1.82) is 0 Å². The van der Waals surface area contributed by atoms with Gasteiger partial charge in [-0.2, -0.15) is 0 Å². The lowest BCUT2D eigenvalue weighted by molar-refractivity contribution is 0.595. The summed E-state index contributed by atoms with van der Waals surface area (Å²) in [5.41, 5.74) is 10.5. The van der Waals surface area contributed by atoms with Crippen LogP contribution in [0.1, 0.15) is 26.2 Å². The van der Waals surface area contributed by atoms with Gasteiger partial charge >= 0.3 is 0 Å². The molecule has 0 aromatic heterocycles. The van der Waals surface area contributed by atoms with E-state index in [-0.39, 0.29) is 11.6 Å². The molecule has 0 heterocycles. The highest BCUT2D eigenvalue weighted by Gasteiger charge is 1.88. The Bertz CT molecular complexity index is 39.4. The lowest BCUT2D eigenvalue weighted by atomic mass is 10.2. The summed E-state index contributed by atoms with van der Waals surface area (Å²) < 4.78 is 0. The molecule has 0 fully saturated rings. The van der Waals surface area contributed by atoms with Crippen molar-refractivity contribution in [2.24, 2.45) is 11.5 Å². The van der Waals surface area contributed by atoms with Crippen LogP contribution in [0.15, 0.2) is 0 Å². The van der Waals surface area contributed by atoms with Gasteiger partial charge in [-0.15, -0.1) is 0 Å². The quantitative estimate of drug-likeness (QED) is 0.496. The van der Waals surface area contributed by atoms with Crippen LogP contribution in [0.5, 0.6) is 0 Å². The van der Waals surface area contributed by atoms with Crippen molar-refractivity contribution in [2.75, 3.05) is 0 Å². The van der Waals surface area contributed by atoms with Crippen molar-refractivity contribution < 1.29 is 5.48 Å². The van der Waals surface area contributed by atoms with E-state index < -0.39 is 0 Å². The third kappa shape index (κ3) is 9.30. The molecular weight excluding hydrogens is 104 g/mol. The number of hydrogen-bond donors (Lipinski definition) is 2. The van der Waals surface area contributed by atoms with Crippen LogP contribution < -0.4 is 11.5 Å². The van der Waals surface area contributed by atoms with Crippen molar-refractivity contribution in [2.45, 2.75) is 32.4 Å². The maximum atomic E-state index is 5.26. The Balaban J connectivity index is 0. The highest BCUT2D eigenvalue weighted by atomic mass is 16.0. The van der Waals surface area contributed by atoms with Crippen molar-refractivity contribution >= 4 is 0 Å². The first-order chi connectivity index (χ1) is 3.27. The van der Waals surface area contributed by atoms with Gasteiger partial charge in [0.15, 0.2) is 0 Å². The highest BCUT2D eigenvalue weighted by Crippen LogP contribution is 1.91. The van der Waals surface area contributed by atoms with E-state index in [1.807, 2.05) is 0 Å². The first kappa shape index (κ1) is 10.8. The van der Waals surface area contributed by atoms with Gasteiger partial charge in [-0.1, -0.05) is 19.8 Å². The Morgan fingerprint density at radius 3 is 2.00 bits per heavy atom. The van der Waals surface area contributed by atoms with Crippen molar-refractivity contribution in [1.82, 2.24) is 0 Å². The fraction of sp³-hybridized carbons (Fsp3) is 1.00. The number of rotatable bonds is 3. The summed E-state index contributed by atoms with van der Waals surface area (Å²) in [4.78, 5) is 0. The smallest absolute Gasteiger partial charge is 0.0520 e. The van der Waals surface area contributed by atoms with E-state index in [1.165, 1.54) is 6.42 Å². The molecule has 0 saturated heterocycles. The van der Waals surface area contributed by atoms with E-state index in [2.05, 4.69) is 6.92 Å². The van der Waals surface area contributed by atoms with Gasteiger partial charge in [-0.3, -0.25) is 0 Å². The summed E-state index contributed by atoms with van der Waals surface area (Å²) in [6.45, 7) is 2.13. The summed E-state index contributed by atoms with van der Waals surface area (Å²) in [5.74, 6) is 0.